The van der Waals surface area contributed by atoms with Gasteiger partial charge in [-0.05, 0) is 38.8 Å². The first kappa shape index (κ1) is 13.7. The van der Waals surface area contributed by atoms with E-state index in [0.717, 1.165) is 25.7 Å². The van der Waals surface area contributed by atoms with Crippen LogP contribution in [0.4, 0.5) is 11.4 Å². The maximum Gasteiger partial charge on any atom is 0.310 e. The number of pyridine rings is 1. The minimum atomic E-state index is -0.363. The van der Waals surface area contributed by atoms with Crippen molar-refractivity contribution in [2.24, 2.45) is 0 Å². The lowest BCUT2D eigenvalue weighted by atomic mass is 9.90. The normalized spacial score (nSPS) is 23.1. The molecule has 6 nitrogen and oxygen atoms in total. The molecule has 1 saturated carbocycles. The summed E-state index contributed by atoms with van der Waals surface area (Å²) in [6.07, 6.45) is 7.28. The van der Waals surface area contributed by atoms with E-state index in [-0.39, 0.29) is 10.6 Å². The van der Waals surface area contributed by atoms with Crippen LogP contribution in [0.3, 0.4) is 0 Å². The summed E-state index contributed by atoms with van der Waals surface area (Å²) in [7, 11) is 3.93. The highest BCUT2D eigenvalue weighted by Crippen LogP contribution is 2.31. The first-order chi connectivity index (χ1) is 9.13. The molecule has 104 valence electrons. The topological polar surface area (TPSA) is 71.3 Å². The van der Waals surface area contributed by atoms with Gasteiger partial charge in [-0.3, -0.25) is 15.1 Å². The molecule has 0 unspecified atom stereocenters. The second kappa shape index (κ2) is 5.97. The summed E-state index contributed by atoms with van der Waals surface area (Å²) in [6.45, 7) is 0. The Labute approximate surface area is 113 Å². The highest BCUT2D eigenvalue weighted by molar-refractivity contribution is 5.61. The lowest BCUT2D eigenvalue weighted by molar-refractivity contribution is -0.384. The van der Waals surface area contributed by atoms with Gasteiger partial charge >= 0.3 is 5.69 Å². The van der Waals surface area contributed by atoms with Crippen LogP contribution >= 0.6 is 0 Å². The molecule has 1 heterocycles. The van der Waals surface area contributed by atoms with Gasteiger partial charge in [-0.25, -0.2) is 0 Å². The monoisotopic (exact) mass is 264 g/mol. The SMILES string of the molecule is CNC1CCC(N(C)c2ccncc2[N+](=O)[O-])CC1. The molecule has 0 bridgehead atoms. The maximum absolute atomic E-state index is 11.0. The Morgan fingerprint density at radius 1 is 1.42 bits per heavy atom. The van der Waals surface area contributed by atoms with Crippen molar-refractivity contribution in [1.82, 2.24) is 10.3 Å². The second-order valence-corrected chi connectivity index (χ2v) is 5.03. The molecule has 1 aromatic heterocycles. The molecule has 2 rings (SSSR count). The van der Waals surface area contributed by atoms with Crippen LogP contribution in [0.5, 0.6) is 0 Å². The molecule has 1 N–H and O–H groups in total. The van der Waals surface area contributed by atoms with Crippen LogP contribution in [0.25, 0.3) is 0 Å². The number of anilines is 1. The molecule has 1 aromatic rings. The van der Waals surface area contributed by atoms with Crippen molar-refractivity contribution >= 4 is 11.4 Å². The summed E-state index contributed by atoms with van der Waals surface area (Å²) < 4.78 is 0. The zero-order chi connectivity index (χ0) is 13.8. The Hall–Kier alpha value is -1.69. The molecule has 0 saturated heterocycles. The van der Waals surface area contributed by atoms with Crippen molar-refractivity contribution in [1.29, 1.82) is 0 Å². The van der Waals surface area contributed by atoms with E-state index in [1.807, 2.05) is 19.0 Å². The van der Waals surface area contributed by atoms with Crippen LogP contribution in [-0.2, 0) is 0 Å². The average molecular weight is 264 g/mol. The zero-order valence-corrected chi connectivity index (χ0v) is 11.4. The van der Waals surface area contributed by atoms with Crippen LogP contribution in [0, 0.1) is 10.1 Å². The molecule has 0 aliphatic heterocycles. The summed E-state index contributed by atoms with van der Waals surface area (Å²) >= 11 is 0. The predicted octanol–water partition coefficient (Wildman–Crippen LogP) is 1.96. The van der Waals surface area contributed by atoms with E-state index in [4.69, 9.17) is 0 Å². The summed E-state index contributed by atoms with van der Waals surface area (Å²) in [6, 6.07) is 2.67. The molecule has 0 amide bonds. The fourth-order valence-electron chi connectivity index (χ4n) is 2.77. The Morgan fingerprint density at radius 3 is 2.68 bits per heavy atom. The second-order valence-electron chi connectivity index (χ2n) is 5.03. The Kier molecular flexibility index (Phi) is 4.31. The van der Waals surface area contributed by atoms with Crippen LogP contribution in [0.1, 0.15) is 25.7 Å². The molecule has 0 aromatic carbocycles. The van der Waals surface area contributed by atoms with Gasteiger partial charge in [0, 0.05) is 25.3 Å². The van der Waals surface area contributed by atoms with Gasteiger partial charge in [0.2, 0.25) is 0 Å². The van der Waals surface area contributed by atoms with E-state index in [2.05, 4.69) is 10.3 Å². The van der Waals surface area contributed by atoms with Crippen molar-refractivity contribution in [2.75, 3.05) is 19.0 Å². The van der Waals surface area contributed by atoms with E-state index in [0.29, 0.717) is 17.8 Å². The average Bonchev–Trinajstić information content (AvgIpc) is 2.46. The first-order valence-electron chi connectivity index (χ1n) is 6.62. The van der Waals surface area contributed by atoms with Gasteiger partial charge in [-0.1, -0.05) is 0 Å². The number of nitro groups is 1. The fraction of sp³-hybridized carbons (Fsp3) is 0.615. The highest BCUT2D eigenvalue weighted by atomic mass is 16.6. The summed E-state index contributed by atoms with van der Waals surface area (Å²) in [5, 5.41) is 14.3. The third-order valence-electron chi connectivity index (χ3n) is 4.01. The summed E-state index contributed by atoms with van der Waals surface area (Å²) in [5.41, 5.74) is 0.744. The predicted molar refractivity (Wildman–Crippen MR) is 74.4 cm³/mol. The van der Waals surface area contributed by atoms with Crippen molar-refractivity contribution in [3.8, 4) is 0 Å². The minimum absolute atomic E-state index is 0.0840. The van der Waals surface area contributed by atoms with Gasteiger partial charge in [0.25, 0.3) is 0 Å². The zero-order valence-electron chi connectivity index (χ0n) is 11.4. The van der Waals surface area contributed by atoms with Crippen molar-refractivity contribution in [3.05, 3.63) is 28.6 Å². The smallest absolute Gasteiger partial charge is 0.310 e. The molecule has 0 radical (unpaired) electrons. The lowest BCUT2D eigenvalue weighted by Gasteiger charge is -2.35. The Bertz CT molecular complexity index is 444. The van der Waals surface area contributed by atoms with Gasteiger partial charge in [-0.15, -0.1) is 0 Å². The number of hydrogen-bond donors (Lipinski definition) is 1. The highest BCUT2D eigenvalue weighted by Gasteiger charge is 2.26. The van der Waals surface area contributed by atoms with Crippen LogP contribution in [0.2, 0.25) is 0 Å². The van der Waals surface area contributed by atoms with E-state index in [1.54, 1.807) is 12.3 Å². The Balaban J connectivity index is 2.12. The van der Waals surface area contributed by atoms with Crippen LogP contribution in [0.15, 0.2) is 18.5 Å². The van der Waals surface area contributed by atoms with E-state index < -0.39 is 0 Å². The van der Waals surface area contributed by atoms with E-state index in [9.17, 15) is 10.1 Å². The fourth-order valence-corrected chi connectivity index (χ4v) is 2.77. The number of rotatable bonds is 4. The molecule has 0 spiro atoms. The summed E-state index contributed by atoms with van der Waals surface area (Å²) in [4.78, 5) is 16.5. The molecule has 6 heteroatoms. The molecule has 1 fully saturated rings. The van der Waals surface area contributed by atoms with Crippen molar-refractivity contribution in [2.45, 2.75) is 37.8 Å². The third-order valence-corrected chi connectivity index (χ3v) is 4.01. The van der Waals surface area contributed by atoms with E-state index >= 15 is 0 Å². The molecular formula is C13H20N4O2. The Morgan fingerprint density at radius 2 is 2.11 bits per heavy atom. The molecule has 1 aliphatic rings. The molecular weight excluding hydrogens is 244 g/mol. The molecule has 0 atom stereocenters. The van der Waals surface area contributed by atoms with Gasteiger partial charge in [0.05, 0.1) is 4.92 Å². The van der Waals surface area contributed by atoms with Gasteiger partial charge < -0.3 is 10.2 Å². The van der Waals surface area contributed by atoms with Crippen molar-refractivity contribution in [3.63, 3.8) is 0 Å². The molecule has 1 aliphatic carbocycles. The van der Waals surface area contributed by atoms with E-state index in [1.165, 1.54) is 6.20 Å². The third kappa shape index (κ3) is 3.01. The van der Waals surface area contributed by atoms with Gasteiger partial charge in [0.1, 0.15) is 11.9 Å². The maximum atomic E-state index is 11.0. The number of hydrogen-bond acceptors (Lipinski definition) is 5. The van der Waals surface area contributed by atoms with Crippen LogP contribution in [-0.4, -0.2) is 36.1 Å². The van der Waals surface area contributed by atoms with Crippen molar-refractivity contribution < 1.29 is 4.92 Å². The van der Waals surface area contributed by atoms with Crippen LogP contribution < -0.4 is 10.2 Å². The number of aromatic nitrogens is 1. The molecule has 19 heavy (non-hydrogen) atoms. The number of nitrogens with zero attached hydrogens (tertiary/aromatic N) is 3. The first-order valence-corrected chi connectivity index (χ1v) is 6.62. The lowest BCUT2D eigenvalue weighted by Crippen LogP contribution is -2.40. The largest absolute Gasteiger partial charge is 0.366 e. The van der Waals surface area contributed by atoms with Gasteiger partial charge in [0.15, 0.2) is 0 Å². The van der Waals surface area contributed by atoms with Gasteiger partial charge in [-0.2, -0.15) is 0 Å². The minimum Gasteiger partial charge on any atom is -0.366 e. The summed E-state index contributed by atoms with van der Waals surface area (Å²) in [5.74, 6) is 0. The quantitative estimate of drug-likeness (QED) is 0.665. The standard InChI is InChI=1S/C13H20N4O2/c1-14-10-3-5-11(6-4-10)16(2)12-7-8-15-9-13(12)17(18)19/h7-11,14H,3-6H2,1-2H3. The number of nitrogens with one attached hydrogen (secondary N) is 1.